The molecule has 10 heteroatoms. The van der Waals surface area contributed by atoms with E-state index >= 15 is 0 Å². The summed E-state index contributed by atoms with van der Waals surface area (Å²) < 4.78 is 11.6. The summed E-state index contributed by atoms with van der Waals surface area (Å²) in [7, 11) is 4.99. The van der Waals surface area contributed by atoms with Gasteiger partial charge in [-0.05, 0) is 49.3 Å². The number of para-hydroxylation sites is 1. The number of carbonyl (C=O) groups is 4. The molecule has 0 aliphatic carbocycles. The molecule has 4 rings (SSSR count). The predicted molar refractivity (Wildman–Crippen MR) is 178 cm³/mol. The number of likely N-dealkylation sites (N-methyl/N-ethyl adjacent to an activating group) is 2. The van der Waals surface area contributed by atoms with Crippen LogP contribution in [0.3, 0.4) is 0 Å². The first kappa shape index (κ1) is 34.9. The Hall–Kier alpha value is -3.92. The second-order valence-corrected chi connectivity index (χ2v) is 13.4. The van der Waals surface area contributed by atoms with Crippen LogP contribution in [0.15, 0.2) is 54.6 Å². The average Bonchev–Trinajstić information content (AvgIpc) is 3.52. The molecule has 2 aliphatic rings. The molecule has 0 saturated carbocycles. The van der Waals surface area contributed by atoms with Gasteiger partial charge in [-0.1, -0.05) is 63.2 Å². The number of amides is 4. The summed E-state index contributed by atoms with van der Waals surface area (Å²) in [5.74, 6) is -0.586. The van der Waals surface area contributed by atoms with Crippen molar-refractivity contribution < 1.29 is 30.1 Å². The van der Waals surface area contributed by atoms with Crippen LogP contribution in [0.25, 0.3) is 0 Å². The van der Waals surface area contributed by atoms with Gasteiger partial charge in [0.1, 0.15) is 23.9 Å². The second-order valence-electron chi connectivity index (χ2n) is 13.4. The van der Waals surface area contributed by atoms with Gasteiger partial charge in [0.25, 0.3) is 5.91 Å². The van der Waals surface area contributed by atoms with Crippen LogP contribution in [0.4, 0.5) is 0 Å². The van der Waals surface area contributed by atoms with Crippen LogP contribution in [-0.2, 0) is 25.5 Å². The lowest BCUT2D eigenvalue weighted by Gasteiger charge is -2.40. The average molecular weight is 637 g/mol. The molecule has 46 heavy (non-hydrogen) atoms. The van der Waals surface area contributed by atoms with Crippen molar-refractivity contribution in [1.29, 1.82) is 0 Å². The van der Waals surface area contributed by atoms with Gasteiger partial charge in [-0.2, -0.15) is 0 Å². The molecule has 0 bridgehead atoms. The lowest BCUT2D eigenvalue weighted by molar-refractivity contribution is -0.149. The molecule has 0 radical (unpaired) electrons. The van der Waals surface area contributed by atoms with Gasteiger partial charge in [-0.15, -0.1) is 0 Å². The van der Waals surface area contributed by atoms with Gasteiger partial charge in [0.05, 0.1) is 30.8 Å². The molecule has 2 saturated heterocycles. The molecule has 0 unspecified atom stereocenters. The zero-order valence-corrected chi connectivity index (χ0v) is 28.2. The molecule has 2 aromatic carbocycles. The fourth-order valence-electron chi connectivity index (χ4n) is 6.12. The first-order valence-corrected chi connectivity index (χ1v) is 16.4. The lowest BCUT2D eigenvalue weighted by atomic mass is 9.84. The Kier molecular flexibility index (Phi) is 11.8. The predicted octanol–water partition coefficient (Wildman–Crippen LogP) is 4.03. The number of nitrogens with one attached hydrogen (secondary N) is 1. The second kappa shape index (κ2) is 15.6. The number of carbonyl (C=O) groups excluding carboxylic acids is 4. The molecule has 252 valence electrons. The molecule has 2 fully saturated rings. The van der Waals surface area contributed by atoms with Crippen LogP contribution >= 0.6 is 0 Å². The Morgan fingerprint density at radius 1 is 1.04 bits per heavy atom. The van der Waals surface area contributed by atoms with E-state index in [0.717, 1.165) is 12.0 Å². The van der Waals surface area contributed by atoms with Crippen LogP contribution < -0.4 is 10.1 Å². The first-order chi connectivity index (χ1) is 22.0. The summed E-state index contributed by atoms with van der Waals surface area (Å²) in [5.41, 5.74) is 1.24. The van der Waals surface area contributed by atoms with Crippen molar-refractivity contribution >= 4 is 23.6 Å². The summed E-state index contributed by atoms with van der Waals surface area (Å²) >= 11 is 0. The van der Waals surface area contributed by atoms with E-state index in [9.17, 15) is 19.2 Å². The van der Waals surface area contributed by atoms with E-state index in [-0.39, 0.29) is 30.5 Å². The number of rotatable bonds is 14. The maximum atomic E-state index is 14.1. The highest BCUT2D eigenvalue weighted by molar-refractivity contribution is 6.00. The van der Waals surface area contributed by atoms with E-state index in [1.54, 1.807) is 44.2 Å². The first-order valence-electron chi connectivity index (χ1n) is 16.4. The van der Waals surface area contributed by atoms with Crippen LogP contribution in [0, 0.1) is 11.3 Å². The minimum Gasteiger partial charge on any atom is -0.492 e. The maximum Gasteiger partial charge on any atom is 0.255 e. The third-order valence-corrected chi connectivity index (χ3v) is 9.18. The van der Waals surface area contributed by atoms with Crippen molar-refractivity contribution in [2.75, 3.05) is 47.5 Å². The number of nitrogens with zero attached hydrogens (tertiary/aromatic N) is 3. The summed E-state index contributed by atoms with van der Waals surface area (Å²) in [6.07, 6.45) is 2.83. The normalized spacial score (nSPS) is 18.3. The third-order valence-electron chi connectivity index (χ3n) is 9.18. The van der Waals surface area contributed by atoms with Crippen LogP contribution in [0.5, 0.6) is 5.75 Å². The number of likely N-dealkylation sites (tertiary alicyclic amines) is 1. The number of hydrogen-bond acceptors (Lipinski definition) is 6. The van der Waals surface area contributed by atoms with E-state index < -0.39 is 24.0 Å². The summed E-state index contributed by atoms with van der Waals surface area (Å²) in [6.45, 7) is 8.19. The Morgan fingerprint density at radius 2 is 1.72 bits per heavy atom. The quantitative estimate of drug-likeness (QED) is 0.336. The Bertz CT molecular complexity index is 1360. The van der Waals surface area contributed by atoms with E-state index in [0.29, 0.717) is 63.4 Å². The maximum absolute atomic E-state index is 14.1. The third kappa shape index (κ3) is 8.26. The van der Waals surface area contributed by atoms with Gasteiger partial charge in [-0.25, -0.2) is 0 Å². The molecule has 2 aliphatic heterocycles. The number of hydrogen-bond donors (Lipinski definition) is 1. The highest BCUT2D eigenvalue weighted by atomic mass is 16.5. The zero-order chi connectivity index (χ0) is 33.4. The van der Waals surface area contributed by atoms with Gasteiger partial charge < -0.3 is 29.5 Å². The SMILES string of the molecule is CCC1(COc2ccccc2C(=O)N[C@H](CC(C)C)C(=O)N2CCC[C@@H]2C(=O)N(C)[C@@H](Cc2ccccc2)C(=O)N(C)C)COC1.[HH]. The van der Waals surface area contributed by atoms with Crippen molar-refractivity contribution in [2.24, 2.45) is 11.3 Å². The van der Waals surface area contributed by atoms with Gasteiger partial charge in [0, 0.05) is 35.5 Å². The molecule has 2 heterocycles. The minimum atomic E-state index is -0.829. The Morgan fingerprint density at radius 3 is 2.33 bits per heavy atom. The molecular formula is C36H52N4O6. The summed E-state index contributed by atoms with van der Waals surface area (Å²) in [4.78, 5) is 59.7. The fourth-order valence-corrected chi connectivity index (χ4v) is 6.12. The highest BCUT2D eigenvalue weighted by Gasteiger charge is 2.42. The Labute approximate surface area is 274 Å². The van der Waals surface area contributed by atoms with Crippen molar-refractivity contribution in [3.05, 3.63) is 65.7 Å². The van der Waals surface area contributed by atoms with Crippen molar-refractivity contribution in [1.82, 2.24) is 20.0 Å². The summed E-state index contributed by atoms with van der Waals surface area (Å²) in [5, 5.41) is 2.98. The molecule has 2 aromatic rings. The smallest absolute Gasteiger partial charge is 0.255 e. The molecule has 1 N–H and O–H groups in total. The van der Waals surface area contributed by atoms with Crippen molar-refractivity contribution in [2.45, 2.75) is 71.0 Å². The Balaban J connectivity index is 0.00000600. The van der Waals surface area contributed by atoms with E-state index in [4.69, 9.17) is 9.47 Å². The van der Waals surface area contributed by atoms with Gasteiger partial charge >= 0.3 is 0 Å². The largest absolute Gasteiger partial charge is 0.492 e. The fraction of sp³-hybridized carbons (Fsp3) is 0.556. The topological polar surface area (TPSA) is 108 Å². The van der Waals surface area contributed by atoms with Gasteiger partial charge in [-0.3, -0.25) is 19.2 Å². The van der Waals surface area contributed by atoms with Gasteiger partial charge in [0.15, 0.2) is 0 Å². The van der Waals surface area contributed by atoms with Crippen molar-refractivity contribution in [3.8, 4) is 5.75 Å². The standard InChI is InChI=1S/C36H50N4O6.H2/c1-7-36(22-45-23-36)24-46-31-18-12-11-16-27(31)32(41)37-28(20-25(2)3)33(42)40-19-13-17-29(40)35(44)39(6)30(34(43)38(4)5)21-26-14-9-8-10-15-26;/h8-12,14-16,18,25,28-30H,7,13,17,19-24H2,1-6H3,(H,37,41);1H/t28-,29-,30+;/m1./s1. The van der Waals surface area contributed by atoms with Gasteiger partial charge in [0.2, 0.25) is 17.7 Å². The molecule has 0 spiro atoms. The van der Waals surface area contributed by atoms with Crippen LogP contribution in [0.2, 0.25) is 0 Å². The molecule has 0 aromatic heterocycles. The van der Waals surface area contributed by atoms with Crippen molar-refractivity contribution in [3.63, 3.8) is 0 Å². The summed E-state index contributed by atoms with van der Waals surface area (Å²) in [6, 6.07) is 14.4. The monoisotopic (exact) mass is 636 g/mol. The van der Waals surface area contributed by atoms with E-state index in [1.807, 2.05) is 50.2 Å². The molecular weight excluding hydrogens is 584 g/mol. The zero-order valence-electron chi connectivity index (χ0n) is 28.2. The molecule has 10 nitrogen and oxygen atoms in total. The van der Waals surface area contributed by atoms with E-state index in [2.05, 4.69) is 12.2 Å². The lowest BCUT2D eigenvalue weighted by Crippen LogP contribution is -2.57. The van der Waals surface area contributed by atoms with Crippen LogP contribution in [-0.4, -0.2) is 104 Å². The van der Waals surface area contributed by atoms with E-state index in [1.165, 1.54) is 9.80 Å². The highest BCUT2D eigenvalue weighted by Crippen LogP contribution is 2.33. The number of ether oxygens (including phenoxy) is 2. The molecule has 3 atom stereocenters. The van der Waals surface area contributed by atoms with Crippen LogP contribution in [0.1, 0.15) is 63.8 Å². The molecule has 4 amide bonds. The minimum absolute atomic E-state index is 0. The number of benzene rings is 2.